The molecule has 1 saturated heterocycles. The van der Waals surface area contributed by atoms with Crippen LogP contribution in [0.4, 0.5) is 17.3 Å². The summed E-state index contributed by atoms with van der Waals surface area (Å²) < 4.78 is 0. The first-order valence-corrected chi connectivity index (χ1v) is 8.02. The average Bonchev–Trinajstić information content (AvgIpc) is 2.55. The van der Waals surface area contributed by atoms with Crippen LogP contribution in [0.5, 0.6) is 0 Å². The molecule has 0 saturated carbocycles. The zero-order valence-electron chi connectivity index (χ0n) is 13.0. The second-order valence-corrected chi connectivity index (χ2v) is 6.04. The minimum absolute atomic E-state index is 0.0767. The van der Waals surface area contributed by atoms with E-state index in [0.717, 1.165) is 19.6 Å². The van der Waals surface area contributed by atoms with Crippen molar-refractivity contribution in [2.75, 3.05) is 36.8 Å². The van der Waals surface area contributed by atoms with Gasteiger partial charge in [-0.25, -0.2) is 0 Å². The van der Waals surface area contributed by atoms with Crippen LogP contribution in [0.25, 0.3) is 0 Å². The van der Waals surface area contributed by atoms with E-state index < -0.39 is 4.92 Å². The number of piperazine rings is 1. The van der Waals surface area contributed by atoms with Gasteiger partial charge in [0.25, 0.3) is 0 Å². The van der Waals surface area contributed by atoms with Gasteiger partial charge in [-0.15, -0.1) is 0 Å². The molecule has 1 aromatic carbocycles. The van der Waals surface area contributed by atoms with E-state index in [9.17, 15) is 10.1 Å². The maximum absolute atomic E-state index is 11.3. The van der Waals surface area contributed by atoms with Gasteiger partial charge in [0.05, 0.1) is 31.1 Å². The third-order valence-electron chi connectivity index (χ3n) is 4.11. The normalized spacial score (nSPS) is 15.5. The molecule has 2 aromatic rings. The molecule has 1 aliphatic heterocycles. The van der Waals surface area contributed by atoms with Crippen molar-refractivity contribution < 1.29 is 9.82 Å². The summed E-state index contributed by atoms with van der Waals surface area (Å²) in [6.45, 7) is 3.94. The van der Waals surface area contributed by atoms with Gasteiger partial charge in [-0.3, -0.25) is 10.1 Å². The van der Waals surface area contributed by atoms with Gasteiger partial charge in [-0.1, -0.05) is 30.3 Å². The largest absolute Gasteiger partial charge is 0.378 e. The second-order valence-electron chi connectivity index (χ2n) is 5.71. The smallest absolute Gasteiger partial charge is 0.353 e. The Labute approximate surface area is 144 Å². The summed E-state index contributed by atoms with van der Waals surface area (Å²) >= 11 is 5.83. The van der Waals surface area contributed by atoms with Gasteiger partial charge in [0.15, 0.2) is 0 Å². The molecule has 2 heterocycles. The van der Waals surface area contributed by atoms with E-state index in [4.69, 9.17) is 17.3 Å². The van der Waals surface area contributed by atoms with Crippen LogP contribution in [-0.4, -0.2) is 41.1 Å². The molecule has 0 radical (unpaired) electrons. The molecule has 126 valence electrons. The molecule has 0 amide bonds. The molecule has 0 bridgehead atoms. The summed E-state index contributed by atoms with van der Waals surface area (Å²) in [7, 11) is 0. The first-order chi connectivity index (χ1) is 11.5. The summed E-state index contributed by atoms with van der Waals surface area (Å²) in [5.41, 5.74) is 6.66. The van der Waals surface area contributed by atoms with Gasteiger partial charge < -0.3 is 15.5 Å². The van der Waals surface area contributed by atoms with Crippen molar-refractivity contribution in [1.82, 2.24) is 9.97 Å². The fourth-order valence-corrected chi connectivity index (χ4v) is 3.10. The Hall–Kier alpha value is -2.45. The highest BCUT2D eigenvalue weighted by Crippen LogP contribution is 2.31. The summed E-state index contributed by atoms with van der Waals surface area (Å²) in [6.07, 6.45) is 0. The number of quaternary nitrogens is 1. The number of hydrogen-bond acceptors (Lipinski definition) is 6. The highest BCUT2D eigenvalue weighted by atomic mass is 35.5. The van der Waals surface area contributed by atoms with Crippen LogP contribution in [0, 0.1) is 10.1 Å². The van der Waals surface area contributed by atoms with Crippen molar-refractivity contribution in [2.45, 2.75) is 6.54 Å². The molecule has 3 N–H and O–H groups in total. The molecule has 24 heavy (non-hydrogen) atoms. The van der Waals surface area contributed by atoms with Gasteiger partial charge in [-0.2, -0.15) is 9.97 Å². The van der Waals surface area contributed by atoms with E-state index in [1.165, 1.54) is 10.5 Å². The lowest BCUT2D eigenvalue weighted by Crippen LogP contribution is -3.13. The number of nitrogens with two attached hydrogens (primary N) is 1. The van der Waals surface area contributed by atoms with E-state index in [2.05, 4.69) is 22.1 Å². The zero-order chi connectivity index (χ0) is 17.1. The number of nitro groups is 1. The predicted octanol–water partition coefficient (Wildman–Crippen LogP) is 0.526. The maximum atomic E-state index is 11.3. The summed E-state index contributed by atoms with van der Waals surface area (Å²) in [5, 5.41) is 11.2. The Morgan fingerprint density at radius 2 is 1.92 bits per heavy atom. The number of hydrogen-bond donors (Lipinski definition) is 2. The minimum Gasteiger partial charge on any atom is -0.378 e. The quantitative estimate of drug-likeness (QED) is 0.474. The van der Waals surface area contributed by atoms with Gasteiger partial charge in [-0.05, 0) is 11.6 Å². The summed E-state index contributed by atoms with van der Waals surface area (Å²) in [6, 6.07) is 10.3. The van der Waals surface area contributed by atoms with E-state index in [1.807, 2.05) is 23.1 Å². The van der Waals surface area contributed by atoms with Crippen LogP contribution in [0.15, 0.2) is 30.3 Å². The lowest BCUT2D eigenvalue weighted by Gasteiger charge is -2.32. The van der Waals surface area contributed by atoms with E-state index in [1.54, 1.807) is 0 Å². The first-order valence-electron chi connectivity index (χ1n) is 7.64. The Morgan fingerprint density at radius 1 is 1.25 bits per heavy atom. The second kappa shape index (κ2) is 6.98. The Balaban J connectivity index is 1.72. The van der Waals surface area contributed by atoms with Crippen LogP contribution >= 0.6 is 11.6 Å². The molecule has 3 rings (SSSR count). The molecule has 0 atom stereocenters. The highest BCUT2D eigenvalue weighted by Gasteiger charge is 2.30. The molecule has 0 spiro atoms. The lowest BCUT2D eigenvalue weighted by molar-refractivity contribution is -0.914. The van der Waals surface area contributed by atoms with Crippen molar-refractivity contribution in [3.8, 4) is 0 Å². The van der Waals surface area contributed by atoms with Crippen LogP contribution in [-0.2, 0) is 6.54 Å². The van der Waals surface area contributed by atoms with Crippen molar-refractivity contribution in [3.05, 3.63) is 51.3 Å². The molecule has 1 fully saturated rings. The van der Waals surface area contributed by atoms with Crippen molar-refractivity contribution >= 4 is 28.9 Å². The maximum Gasteiger partial charge on any atom is 0.353 e. The minimum atomic E-state index is -0.551. The van der Waals surface area contributed by atoms with Crippen molar-refractivity contribution in [2.24, 2.45) is 0 Å². The number of anilines is 2. The Morgan fingerprint density at radius 3 is 2.54 bits per heavy atom. The molecular weight excluding hydrogens is 332 g/mol. The van der Waals surface area contributed by atoms with Crippen LogP contribution in [0.1, 0.15) is 5.56 Å². The SMILES string of the molecule is Nc1nc(Cl)nc(N2CC[NH+](Cc3ccccc3)CC2)c1[N+](=O)[O-]. The van der Waals surface area contributed by atoms with Gasteiger partial charge in [0.2, 0.25) is 16.9 Å². The Bertz CT molecular complexity index is 734. The molecule has 0 unspecified atom stereocenters. The fourth-order valence-electron chi connectivity index (χ4n) is 2.92. The fraction of sp³-hybridized carbons (Fsp3) is 0.333. The molecule has 0 aliphatic carbocycles. The van der Waals surface area contributed by atoms with Crippen LogP contribution < -0.4 is 15.5 Å². The number of nitrogens with one attached hydrogen (secondary N) is 1. The molecule has 1 aliphatic rings. The monoisotopic (exact) mass is 349 g/mol. The summed E-state index contributed by atoms with van der Waals surface area (Å²) in [4.78, 5) is 21.7. The lowest BCUT2D eigenvalue weighted by atomic mass is 10.2. The number of benzene rings is 1. The van der Waals surface area contributed by atoms with Crippen LogP contribution in [0.3, 0.4) is 0 Å². The molecular formula is C15H18ClN6O2+. The molecule has 8 nitrogen and oxygen atoms in total. The molecule has 1 aromatic heterocycles. The van der Waals surface area contributed by atoms with Gasteiger partial charge in [0.1, 0.15) is 6.54 Å². The third-order valence-corrected chi connectivity index (χ3v) is 4.28. The van der Waals surface area contributed by atoms with Gasteiger partial charge >= 0.3 is 5.69 Å². The number of rotatable bonds is 4. The first kappa shape index (κ1) is 16.4. The Kier molecular flexibility index (Phi) is 4.77. The van der Waals surface area contributed by atoms with E-state index in [0.29, 0.717) is 13.1 Å². The third kappa shape index (κ3) is 3.55. The van der Waals surface area contributed by atoms with Gasteiger partial charge in [0, 0.05) is 5.56 Å². The number of nitrogens with zero attached hydrogens (tertiary/aromatic N) is 4. The predicted molar refractivity (Wildman–Crippen MR) is 91.2 cm³/mol. The number of nitrogen functional groups attached to an aromatic ring is 1. The highest BCUT2D eigenvalue weighted by molar-refractivity contribution is 6.28. The topological polar surface area (TPSA) is 103 Å². The van der Waals surface area contributed by atoms with Crippen molar-refractivity contribution in [1.29, 1.82) is 0 Å². The van der Waals surface area contributed by atoms with Crippen LogP contribution in [0.2, 0.25) is 5.28 Å². The zero-order valence-corrected chi connectivity index (χ0v) is 13.7. The summed E-state index contributed by atoms with van der Waals surface area (Å²) in [5.74, 6) is 0.00493. The standard InChI is InChI=1S/C15H17ClN6O2/c16-15-18-13(17)12(22(23)24)14(19-15)21-8-6-20(7-9-21)10-11-4-2-1-3-5-11/h1-5H,6-10H2,(H2,17,18,19)/p+1. The number of aromatic nitrogens is 2. The van der Waals surface area contributed by atoms with E-state index >= 15 is 0 Å². The number of halogens is 1. The molecule has 9 heteroatoms. The van der Waals surface area contributed by atoms with Crippen molar-refractivity contribution in [3.63, 3.8) is 0 Å². The van der Waals surface area contributed by atoms with E-state index in [-0.39, 0.29) is 22.6 Å². The average molecular weight is 350 g/mol.